The zero-order valence-electron chi connectivity index (χ0n) is 6.69. The van der Waals surface area contributed by atoms with Crippen molar-refractivity contribution in [3.05, 3.63) is 0 Å². The predicted molar refractivity (Wildman–Crippen MR) is 40.9 cm³/mol. The summed E-state index contributed by atoms with van der Waals surface area (Å²) in [6.45, 7) is -0.524. The molecule has 0 aliphatic carbocycles. The van der Waals surface area contributed by atoms with Gasteiger partial charge in [0.25, 0.3) is 0 Å². The molecule has 7 nitrogen and oxygen atoms in total. The van der Waals surface area contributed by atoms with E-state index >= 15 is 0 Å². The second-order valence-electron chi connectivity index (χ2n) is 2.34. The minimum Gasteiger partial charge on any atom is -0.480 e. The van der Waals surface area contributed by atoms with Crippen molar-refractivity contribution >= 4 is 17.8 Å². The number of nitrogens with one attached hydrogen (secondary N) is 1. The SMILES string of the molecule is NC(=O)CC(NCC(=O)O)C(=O)O. The predicted octanol–water partition coefficient (Wildman–Crippen LogP) is -2.01. The van der Waals surface area contributed by atoms with Gasteiger partial charge in [-0.25, -0.2) is 0 Å². The Labute approximate surface area is 73.5 Å². The van der Waals surface area contributed by atoms with Gasteiger partial charge in [0, 0.05) is 0 Å². The molecule has 5 N–H and O–H groups in total. The van der Waals surface area contributed by atoms with E-state index in [4.69, 9.17) is 15.9 Å². The fourth-order valence-corrected chi connectivity index (χ4v) is 0.658. The van der Waals surface area contributed by atoms with E-state index in [-0.39, 0.29) is 0 Å². The quantitative estimate of drug-likeness (QED) is 0.383. The van der Waals surface area contributed by atoms with Crippen molar-refractivity contribution in [2.24, 2.45) is 5.73 Å². The van der Waals surface area contributed by atoms with Crippen molar-refractivity contribution in [3.8, 4) is 0 Å². The van der Waals surface area contributed by atoms with E-state index in [9.17, 15) is 14.4 Å². The van der Waals surface area contributed by atoms with E-state index in [1.165, 1.54) is 0 Å². The van der Waals surface area contributed by atoms with Crippen LogP contribution in [0.3, 0.4) is 0 Å². The lowest BCUT2D eigenvalue weighted by Gasteiger charge is -2.09. The Kier molecular flexibility index (Phi) is 4.45. The molecule has 1 unspecified atom stereocenters. The van der Waals surface area contributed by atoms with Gasteiger partial charge in [0.1, 0.15) is 6.04 Å². The Morgan fingerprint density at radius 1 is 1.31 bits per heavy atom. The van der Waals surface area contributed by atoms with E-state index in [0.29, 0.717) is 0 Å². The number of carbonyl (C=O) groups excluding carboxylic acids is 1. The summed E-state index contributed by atoms with van der Waals surface area (Å²) in [5.74, 6) is -3.30. The smallest absolute Gasteiger partial charge is 0.321 e. The van der Waals surface area contributed by atoms with Gasteiger partial charge in [-0.3, -0.25) is 19.7 Å². The number of hydrogen-bond acceptors (Lipinski definition) is 4. The number of nitrogens with two attached hydrogens (primary N) is 1. The standard InChI is InChI=1S/C6H10N2O5/c7-4(9)1-3(6(12)13)8-2-5(10)11/h3,8H,1-2H2,(H2,7,9)(H,10,11)(H,12,13). The summed E-state index contributed by atoms with van der Waals surface area (Å²) in [5, 5.41) is 18.8. The Morgan fingerprint density at radius 2 is 1.85 bits per heavy atom. The molecule has 0 rings (SSSR count). The van der Waals surface area contributed by atoms with Crippen molar-refractivity contribution in [1.82, 2.24) is 5.32 Å². The van der Waals surface area contributed by atoms with Gasteiger partial charge in [0.05, 0.1) is 13.0 Å². The normalized spacial score (nSPS) is 12.0. The second kappa shape index (κ2) is 5.09. The van der Waals surface area contributed by atoms with Crippen LogP contribution in [0.4, 0.5) is 0 Å². The first-order valence-corrected chi connectivity index (χ1v) is 3.39. The molecule has 13 heavy (non-hydrogen) atoms. The largest absolute Gasteiger partial charge is 0.480 e. The van der Waals surface area contributed by atoms with E-state index < -0.39 is 36.9 Å². The van der Waals surface area contributed by atoms with Gasteiger partial charge < -0.3 is 15.9 Å². The van der Waals surface area contributed by atoms with E-state index in [1.54, 1.807) is 0 Å². The fraction of sp³-hybridized carbons (Fsp3) is 0.500. The van der Waals surface area contributed by atoms with Crippen LogP contribution in [0, 0.1) is 0 Å². The van der Waals surface area contributed by atoms with E-state index in [1.807, 2.05) is 0 Å². The number of rotatable bonds is 6. The zero-order valence-corrected chi connectivity index (χ0v) is 6.69. The molecule has 0 aromatic carbocycles. The summed E-state index contributed by atoms with van der Waals surface area (Å²) in [7, 11) is 0. The van der Waals surface area contributed by atoms with Crippen LogP contribution in [0.2, 0.25) is 0 Å². The minimum absolute atomic E-state index is 0.428. The topological polar surface area (TPSA) is 130 Å². The Bertz CT molecular complexity index is 227. The highest BCUT2D eigenvalue weighted by molar-refractivity contribution is 5.83. The van der Waals surface area contributed by atoms with Crippen LogP contribution in [-0.4, -0.2) is 40.6 Å². The van der Waals surface area contributed by atoms with Crippen molar-refractivity contribution < 1.29 is 24.6 Å². The molecule has 0 saturated carbocycles. The molecule has 0 spiro atoms. The summed E-state index contributed by atoms with van der Waals surface area (Å²) in [6, 6.07) is -1.24. The van der Waals surface area contributed by atoms with E-state index in [0.717, 1.165) is 0 Å². The molecule has 0 bridgehead atoms. The molecule has 1 amide bonds. The summed E-state index contributed by atoms with van der Waals surface area (Å²) in [5.41, 5.74) is 4.75. The molecule has 0 aliphatic heterocycles. The van der Waals surface area contributed by atoms with Crippen LogP contribution in [-0.2, 0) is 14.4 Å². The molecule has 0 aromatic rings. The highest BCUT2D eigenvalue weighted by atomic mass is 16.4. The molecular formula is C6H10N2O5. The van der Waals surface area contributed by atoms with Gasteiger partial charge in [-0.15, -0.1) is 0 Å². The zero-order chi connectivity index (χ0) is 10.4. The van der Waals surface area contributed by atoms with E-state index in [2.05, 4.69) is 5.32 Å². The molecule has 0 radical (unpaired) electrons. The van der Waals surface area contributed by atoms with Gasteiger partial charge in [0.2, 0.25) is 5.91 Å². The number of amides is 1. The molecule has 7 heteroatoms. The van der Waals surface area contributed by atoms with Crippen LogP contribution in [0.25, 0.3) is 0 Å². The lowest BCUT2D eigenvalue weighted by atomic mass is 10.2. The van der Waals surface area contributed by atoms with Gasteiger partial charge in [-0.2, -0.15) is 0 Å². The molecule has 0 aromatic heterocycles. The highest BCUT2D eigenvalue weighted by Gasteiger charge is 2.19. The van der Waals surface area contributed by atoms with Crippen molar-refractivity contribution in [3.63, 3.8) is 0 Å². The lowest BCUT2D eigenvalue weighted by Crippen LogP contribution is -2.42. The number of hydrogen-bond donors (Lipinski definition) is 4. The number of carboxylic acid groups (broad SMARTS) is 2. The van der Waals surface area contributed by atoms with Gasteiger partial charge >= 0.3 is 11.9 Å². The van der Waals surface area contributed by atoms with Crippen LogP contribution in [0.1, 0.15) is 6.42 Å². The molecule has 0 heterocycles. The summed E-state index contributed by atoms with van der Waals surface area (Å²) >= 11 is 0. The maximum atomic E-state index is 10.4. The van der Waals surface area contributed by atoms with Crippen LogP contribution < -0.4 is 11.1 Å². The third kappa shape index (κ3) is 5.62. The van der Waals surface area contributed by atoms with Gasteiger partial charge in [0.15, 0.2) is 0 Å². The fourth-order valence-electron chi connectivity index (χ4n) is 0.658. The number of carboxylic acids is 2. The second-order valence-corrected chi connectivity index (χ2v) is 2.34. The van der Waals surface area contributed by atoms with Gasteiger partial charge in [-0.05, 0) is 0 Å². The first kappa shape index (κ1) is 11.4. The Morgan fingerprint density at radius 3 is 2.15 bits per heavy atom. The first-order chi connectivity index (χ1) is 5.93. The third-order valence-corrected chi connectivity index (χ3v) is 1.20. The van der Waals surface area contributed by atoms with Crippen LogP contribution >= 0.6 is 0 Å². The molecule has 1 atom stereocenters. The molecular weight excluding hydrogens is 180 g/mol. The van der Waals surface area contributed by atoms with Crippen LogP contribution in [0.15, 0.2) is 0 Å². The number of carbonyl (C=O) groups is 3. The monoisotopic (exact) mass is 190 g/mol. The Balaban J connectivity index is 4.02. The first-order valence-electron chi connectivity index (χ1n) is 3.39. The third-order valence-electron chi connectivity index (χ3n) is 1.20. The molecule has 0 aliphatic rings. The maximum Gasteiger partial charge on any atom is 0.321 e. The summed E-state index contributed by atoms with van der Waals surface area (Å²) in [6.07, 6.45) is -0.428. The molecule has 74 valence electrons. The van der Waals surface area contributed by atoms with Crippen molar-refractivity contribution in [2.45, 2.75) is 12.5 Å². The van der Waals surface area contributed by atoms with Crippen LogP contribution in [0.5, 0.6) is 0 Å². The molecule has 0 fully saturated rings. The number of primary amides is 1. The average Bonchev–Trinajstić information content (AvgIpc) is 1.96. The van der Waals surface area contributed by atoms with Gasteiger partial charge in [-0.1, -0.05) is 0 Å². The average molecular weight is 190 g/mol. The van der Waals surface area contributed by atoms with Crippen molar-refractivity contribution in [2.75, 3.05) is 6.54 Å². The minimum atomic E-state index is -1.31. The maximum absolute atomic E-state index is 10.4. The summed E-state index contributed by atoms with van der Waals surface area (Å²) < 4.78 is 0. The lowest BCUT2D eigenvalue weighted by molar-refractivity contribution is -0.142. The number of aliphatic carboxylic acids is 2. The van der Waals surface area contributed by atoms with Crippen molar-refractivity contribution in [1.29, 1.82) is 0 Å². The Hall–Kier alpha value is -1.63. The summed E-state index contributed by atoms with van der Waals surface area (Å²) in [4.78, 5) is 30.8. The highest BCUT2D eigenvalue weighted by Crippen LogP contribution is 1.90. The molecule has 0 saturated heterocycles.